The molecule has 5 heteroatoms. The lowest BCUT2D eigenvalue weighted by Gasteiger charge is -2.18. The molecule has 0 atom stereocenters. The summed E-state index contributed by atoms with van der Waals surface area (Å²) in [7, 11) is 3.63. The summed E-state index contributed by atoms with van der Waals surface area (Å²) >= 11 is 0. The molecular formula is C16H26N4O. The van der Waals surface area contributed by atoms with Gasteiger partial charge in [0.05, 0.1) is 11.0 Å². The van der Waals surface area contributed by atoms with Crippen LogP contribution in [0.3, 0.4) is 0 Å². The van der Waals surface area contributed by atoms with Gasteiger partial charge in [0.15, 0.2) is 0 Å². The molecule has 1 N–H and O–H groups in total. The molecule has 0 radical (unpaired) electrons. The predicted molar refractivity (Wildman–Crippen MR) is 87.7 cm³/mol. The van der Waals surface area contributed by atoms with Gasteiger partial charge in [-0.1, -0.05) is 19.9 Å². The molecule has 0 amide bonds. The lowest BCUT2D eigenvalue weighted by atomic mass is 10.2. The Balaban J connectivity index is 2.00. The van der Waals surface area contributed by atoms with E-state index < -0.39 is 0 Å². The highest BCUT2D eigenvalue weighted by atomic mass is 16.1. The first kappa shape index (κ1) is 15.8. The molecule has 0 spiro atoms. The molecule has 0 aliphatic heterocycles. The number of imidazole rings is 1. The maximum Gasteiger partial charge on any atom is 0.328 e. The Labute approximate surface area is 126 Å². The molecule has 21 heavy (non-hydrogen) atoms. The SMILES string of the molecule is CCN(CC)CCNCc1ccc2c(c1)n(C)c(=O)n2C. The third-order valence-corrected chi connectivity index (χ3v) is 4.16. The van der Waals surface area contributed by atoms with Crippen LogP contribution >= 0.6 is 0 Å². The van der Waals surface area contributed by atoms with Gasteiger partial charge in [-0.05, 0) is 30.8 Å². The Bertz CT molecular complexity index is 652. The second-order valence-electron chi connectivity index (χ2n) is 5.43. The molecule has 0 fully saturated rings. The minimum atomic E-state index is 0.0247. The molecule has 5 nitrogen and oxygen atoms in total. The van der Waals surface area contributed by atoms with Gasteiger partial charge in [0.2, 0.25) is 0 Å². The van der Waals surface area contributed by atoms with Crippen molar-refractivity contribution in [2.24, 2.45) is 14.1 Å². The van der Waals surface area contributed by atoms with Gasteiger partial charge in [-0.15, -0.1) is 0 Å². The largest absolute Gasteiger partial charge is 0.328 e. The van der Waals surface area contributed by atoms with Crippen LogP contribution in [0.4, 0.5) is 0 Å². The average Bonchev–Trinajstić information content (AvgIpc) is 2.72. The first-order chi connectivity index (χ1) is 10.1. The first-order valence-electron chi connectivity index (χ1n) is 7.65. The average molecular weight is 290 g/mol. The fourth-order valence-corrected chi connectivity index (χ4v) is 2.67. The number of hydrogen-bond donors (Lipinski definition) is 1. The zero-order valence-corrected chi connectivity index (χ0v) is 13.5. The molecule has 1 heterocycles. The Morgan fingerprint density at radius 1 is 1.10 bits per heavy atom. The van der Waals surface area contributed by atoms with Crippen LogP contribution in [0.2, 0.25) is 0 Å². The highest BCUT2D eigenvalue weighted by Crippen LogP contribution is 2.13. The second-order valence-corrected chi connectivity index (χ2v) is 5.43. The number of nitrogens with one attached hydrogen (secondary N) is 1. The van der Waals surface area contributed by atoms with Gasteiger partial charge in [0.25, 0.3) is 0 Å². The highest BCUT2D eigenvalue weighted by Gasteiger charge is 2.07. The zero-order chi connectivity index (χ0) is 15.4. The van der Waals surface area contributed by atoms with E-state index in [1.54, 1.807) is 9.13 Å². The number of hydrogen-bond acceptors (Lipinski definition) is 3. The van der Waals surface area contributed by atoms with Crippen molar-refractivity contribution in [1.82, 2.24) is 19.4 Å². The summed E-state index contributed by atoms with van der Waals surface area (Å²) < 4.78 is 3.39. The standard InChI is InChI=1S/C16H26N4O/c1-5-20(6-2)10-9-17-12-13-7-8-14-15(11-13)19(4)16(21)18(14)3/h7-8,11,17H,5-6,9-10,12H2,1-4H3. The van der Waals surface area contributed by atoms with Gasteiger partial charge in [-0.3, -0.25) is 9.13 Å². The molecule has 0 aliphatic carbocycles. The molecule has 116 valence electrons. The van der Waals surface area contributed by atoms with E-state index in [2.05, 4.69) is 36.2 Å². The van der Waals surface area contributed by atoms with Gasteiger partial charge in [0, 0.05) is 33.7 Å². The Kier molecular flexibility index (Phi) is 5.20. The minimum Gasteiger partial charge on any atom is -0.311 e. The van der Waals surface area contributed by atoms with Crippen molar-refractivity contribution in [2.75, 3.05) is 26.2 Å². The molecule has 0 aliphatic rings. The van der Waals surface area contributed by atoms with Crippen molar-refractivity contribution >= 4 is 11.0 Å². The smallest absolute Gasteiger partial charge is 0.311 e. The van der Waals surface area contributed by atoms with Crippen LogP contribution in [0.25, 0.3) is 11.0 Å². The van der Waals surface area contributed by atoms with E-state index in [1.807, 2.05) is 20.2 Å². The van der Waals surface area contributed by atoms with Crippen molar-refractivity contribution in [3.8, 4) is 0 Å². The summed E-state index contributed by atoms with van der Waals surface area (Å²) in [5.41, 5.74) is 3.21. The molecule has 0 saturated carbocycles. The summed E-state index contributed by atoms with van der Waals surface area (Å²) in [5.74, 6) is 0. The van der Waals surface area contributed by atoms with Crippen LogP contribution in [0.1, 0.15) is 19.4 Å². The van der Waals surface area contributed by atoms with Crippen molar-refractivity contribution in [2.45, 2.75) is 20.4 Å². The maximum atomic E-state index is 11.9. The van der Waals surface area contributed by atoms with Gasteiger partial charge >= 0.3 is 5.69 Å². The monoisotopic (exact) mass is 290 g/mol. The number of fused-ring (bicyclic) bond motifs is 1. The number of aryl methyl sites for hydroxylation is 2. The van der Waals surface area contributed by atoms with E-state index in [0.717, 1.165) is 43.8 Å². The third kappa shape index (κ3) is 3.36. The third-order valence-electron chi connectivity index (χ3n) is 4.16. The summed E-state index contributed by atoms with van der Waals surface area (Å²) in [4.78, 5) is 14.3. The Hall–Kier alpha value is -1.59. The number of nitrogens with zero attached hydrogens (tertiary/aromatic N) is 3. The lowest BCUT2D eigenvalue weighted by molar-refractivity contribution is 0.302. The summed E-state index contributed by atoms with van der Waals surface area (Å²) in [6.07, 6.45) is 0. The summed E-state index contributed by atoms with van der Waals surface area (Å²) in [6.45, 7) is 9.44. The van der Waals surface area contributed by atoms with E-state index in [1.165, 1.54) is 5.56 Å². The number of benzene rings is 1. The number of aromatic nitrogens is 2. The van der Waals surface area contributed by atoms with Gasteiger partial charge < -0.3 is 10.2 Å². The topological polar surface area (TPSA) is 42.2 Å². The Morgan fingerprint density at radius 3 is 2.43 bits per heavy atom. The van der Waals surface area contributed by atoms with Gasteiger partial charge in [-0.2, -0.15) is 0 Å². The van der Waals surface area contributed by atoms with Crippen LogP contribution in [-0.2, 0) is 20.6 Å². The van der Waals surface area contributed by atoms with E-state index in [4.69, 9.17) is 0 Å². The highest BCUT2D eigenvalue weighted by molar-refractivity contribution is 5.76. The first-order valence-corrected chi connectivity index (χ1v) is 7.65. The predicted octanol–water partition coefficient (Wildman–Crippen LogP) is 1.31. The van der Waals surface area contributed by atoms with E-state index >= 15 is 0 Å². The maximum absolute atomic E-state index is 11.9. The van der Waals surface area contributed by atoms with Gasteiger partial charge in [0.1, 0.15) is 0 Å². The second kappa shape index (κ2) is 6.91. The van der Waals surface area contributed by atoms with Crippen LogP contribution in [0.5, 0.6) is 0 Å². The normalized spacial score (nSPS) is 11.7. The fourth-order valence-electron chi connectivity index (χ4n) is 2.67. The van der Waals surface area contributed by atoms with Gasteiger partial charge in [-0.25, -0.2) is 4.79 Å². The van der Waals surface area contributed by atoms with E-state index in [0.29, 0.717) is 0 Å². The molecule has 1 aromatic heterocycles. The van der Waals surface area contributed by atoms with Crippen LogP contribution in [0.15, 0.2) is 23.0 Å². The summed E-state index contributed by atoms with van der Waals surface area (Å²) in [6, 6.07) is 6.21. The van der Waals surface area contributed by atoms with Crippen molar-refractivity contribution in [1.29, 1.82) is 0 Å². The van der Waals surface area contributed by atoms with Crippen LogP contribution in [0, 0.1) is 0 Å². The molecule has 2 aromatic rings. The number of likely N-dealkylation sites (N-methyl/N-ethyl adjacent to an activating group) is 1. The molecule has 0 unspecified atom stereocenters. The molecule has 1 aromatic carbocycles. The Morgan fingerprint density at radius 2 is 1.76 bits per heavy atom. The van der Waals surface area contributed by atoms with Crippen molar-refractivity contribution < 1.29 is 0 Å². The lowest BCUT2D eigenvalue weighted by Crippen LogP contribution is -2.31. The quantitative estimate of drug-likeness (QED) is 0.782. The van der Waals surface area contributed by atoms with Crippen LogP contribution < -0.4 is 11.0 Å². The number of rotatable bonds is 7. The fraction of sp³-hybridized carbons (Fsp3) is 0.562. The van der Waals surface area contributed by atoms with E-state index in [9.17, 15) is 4.79 Å². The van der Waals surface area contributed by atoms with Crippen LogP contribution in [-0.4, -0.2) is 40.2 Å². The van der Waals surface area contributed by atoms with Crippen molar-refractivity contribution in [3.05, 3.63) is 34.2 Å². The van der Waals surface area contributed by atoms with Crippen molar-refractivity contribution in [3.63, 3.8) is 0 Å². The molecule has 2 rings (SSSR count). The zero-order valence-electron chi connectivity index (χ0n) is 13.5. The minimum absolute atomic E-state index is 0.0247. The molecule has 0 bridgehead atoms. The van der Waals surface area contributed by atoms with E-state index in [-0.39, 0.29) is 5.69 Å². The summed E-state index contributed by atoms with van der Waals surface area (Å²) in [5, 5.41) is 3.47. The molecular weight excluding hydrogens is 264 g/mol. The molecule has 0 saturated heterocycles.